The lowest BCUT2D eigenvalue weighted by Crippen LogP contribution is -2.53. The van der Waals surface area contributed by atoms with Gasteiger partial charge in [-0.1, -0.05) is 17.7 Å². The molecular formula is C14H21ClN2O. The van der Waals surface area contributed by atoms with E-state index < -0.39 is 0 Å². The normalized spacial score (nSPS) is 25.1. The summed E-state index contributed by atoms with van der Waals surface area (Å²) in [5.74, 6) is 0.811. The topological polar surface area (TPSA) is 24.5 Å². The predicted octanol–water partition coefficient (Wildman–Crippen LogP) is 2.53. The summed E-state index contributed by atoms with van der Waals surface area (Å²) in [5.41, 5.74) is 1.17. The highest BCUT2D eigenvalue weighted by atomic mass is 35.5. The van der Waals surface area contributed by atoms with Crippen molar-refractivity contribution in [3.8, 4) is 5.75 Å². The number of nitrogens with zero attached hydrogens (tertiary/aromatic N) is 1. The van der Waals surface area contributed by atoms with Crippen LogP contribution in [-0.2, 0) is 6.54 Å². The van der Waals surface area contributed by atoms with Gasteiger partial charge in [-0.25, -0.2) is 0 Å². The molecule has 3 nitrogen and oxygen atoms in total. The van der Waals surface area contributed by atoms with E-state index in [1.807, 2.05) is 12.1 Å². The van der Waals surface area contributed by atoms with Gasteiger partial charge in [-0.3, -0.25) is 4.90 Å². The third-order valence-electron chi connectivity index (χ3n) is 3.53. The average molecular weight is 269 g/mol. The fourth-order valence-electron chi connectivity index (χ4n) is 2.32. The minimum atomic E-state index is 0.540. The first-order valence-corrected chi connectivity index (χ1v) is 6.77. The smallest absolute Gasteiger partial charge is 0.120 e. The first-order valence-electron chi connectivity index (χ1n) is 6.40. The molecule has 0 amide bonds. The van der Waals surface area contributed by atoms with E-state index in [9.17, 15) is 0 Å². The Labute approximate surface area is 114 Å². The first kappa shape index (κ1) is 13.7. The van der Waals surface area contributed by atoms with E-state index in [0.717, 1.165) is 30.4 Å². The summed E-state index contributed by atoms with van der Waals surface area (Å²) in [4.78, 5) is 2.47. The number of ether oxygens (including phenoxy) is 1. The molecule has 1 heterocycles. The van der Waals surface area contributed by atoms with Crippen LogP contribution in [0.4, 0.5) is 0 Å². The SMILES string of the molecule is COc1ccc(CN2CC(C)NCC2C)c(Cl)c1. The number of hydrogen-bond acceptors (Lipinski definition) is 3. The quantitative estimate of drug-likeness (QED) is 0.912. The predicted molar refractivity (Wildman–Crippen MR) is 75.3 cm³/mol. The highest BCUT2D eigenvalue weighted by Crippen LogP contribution is 2.24. The van der Waals surface area contributed by atoms with Crippen LogP contribution in [0, 0.1) is 0 Å². The number of rotatable bonds is 3. The second-order valence-electron chi connectivity index (χ2n) is 5.05. The molecule has 1 aliphatic heterocycles. The van der Waals surface area contributed by atoms with Gasteiger partial charge < -0.3 is 10.1 Å². The van der Waals surface area contributed by atoms with Crippen molar-refractivity contribution in [2.75, 3.05) is 20.2 Å². The van der Waals surface area contributed by atoms with E-state index in [4.69, 9.17) is 16.3 Å². The van der Waals surface area contributed by atoms with Gasteiger partial charge in [-0.2, -0.15) is 0 Å². The molecule has 2 atom stereocenters. The van der Waals surface area contributed by atoms with Crippen LogP contribution in [0.15, 0.2) is 18.2 Å². The fourth-order valence-corrected chi connectivity index (χ4v) is 2.55. The Bertz CT molecular complexity index is 411. The molecule has 0 bridgehead atoms. The third-order valence-corrected chi connectivity index (χ3v) is 3.88. The zero-order valence-electron chi connectivity index (χ0n) is 11.2. The van der Waals surface area contributed by atoms with Gasteiger partial charge in [0.05, 0.1) is 7.11 Å². The maximum Gasteiger partial charge on any atom is 0.120 e. The third kappa shape index (κ3) is 3.16. The largest absolute Gasteiger partial charge is 0.497 e. The maximum absolute atomic E-state index is 6.29. The zero-order chi connectivity index (χ0) is 13.1. The molecule has 0 spiro atoms. The molecule has 0 saturated carbocycles. The molecule has 1 saturated heterocycles. The summed E-state index contributed by atoms with van der Waals surface area (Å²) >= 11 is 6.29. The Balaban J connectivity index is 2.08. The van der Waals surface area contributed by atoms with Crippen LogP contribution in [0.5, 0.6) is 5.75 Å². The molecule has 1 aromatic rings. The number of nitrogens with one attached hydrogen (secondary N) is 1. The Morgan fingerprint density at radius 3 is 2.89 bits per heavy atom. The number of piperazine rings is 1. The highest BCUT2D eigenvalue weighted by molar-refractivity contribution is 6.31. The molecule has 1 aromatic carbocycles. The summed E-state index contributed by atoms with van der Waals surface area (Å²) in [6, 6.07) is 6.99. The lowest BCUT2D eigenvalue weighted by Gasteiger charge is -2.37. The van der Waals surface area contributed by atoms with E-state index >= 15 is 0 Å². The standard InChI is InChI=1S/C14H21ClN2O/c1-10-8-17(11(2)7-16-10)9-12-4-5-13(18-3)6-14(12)15/h4-6,10-11,16H,7-9H2,1-3H3. The zero-order valence-corrected chi connectivity index (χ0v) is 12.0. The molecule has 0 aliphatic carbocycles. The summed E-state index contributed by atoms with van der Waals surface area (Å²) in [6.07, 6.45) is 0. The minimum Gasteiger partial charge on any atom is -0.497 e. The van der Waals surface area contributed by atoms with E-state index in [1.54, 1.807) is 7.11 Å². The molecule has 0 radical (unpaired) electrons. The van der Waals surface area contributed by atoms with E-state index in [1.165, 1.54) is 5.56 Å². The van der Waals surface area contributed by atoms with Crippen LogP contribution in [0.25, 0.3) is 0 Å². The lowest BCUT2D eigenvalue weighted by molar-refractivity contribution is 0.139. The van der Waals surface area contributed by atoms with Crippen molar-refractivity contribution in [2.24, 2.45) is 0 Å². The Morgan fingerprint density at radius 1 is 1.44 bits per heavy atom. The van der Waals surface area contributed by atoms with E-state index in [0.29, 0.717) is 12.1 Å². The molecule has 1 N–H and O–H groups in total. The Kier molecular flexibility index (Phi) is 4.49. The molecule has 18 heavy (non-hydrogen) atoms. The summed E-state index contributed by atoms with van der Waals surface area (Å²) < 4.78 is 5.17. The Hall–Kier alpha value is -0.770. The molecule has 1 aliphatic rings. The van der Waals surface area contributed by atoms with Gasteiger partial charge in [0, 0.05) is 36.7 Å². The van der Waals surface area contributed by atoms with E-state index in [-0.39, 0.29) is 0 Å². The number of hydrogen-bond donors (Lipinski definition) is 1. The second-order valence-corrected chi connectivity index (χ2v) is 5.45. The van der Waals surface area contributed by atoms with Crippen LogP contribution >= 0.6 is 11.6 Å². The van der Waals surface area contributed by atoms with Crippen LogP contribution in [-0.4, -0.2) is 37.2 Å². The number of benzene rings is 1. The van der Waals surface area contributed by atoms with Gasteiger partial charge in [0.1, 0.15) is 5.75 Å². The lowest BCUT2D eigenvalue weighted by atomic mass is 10.1. The minimum absolute atomic E-state index is 0.540. The van der Waals surface area contributed by atoms with Crippen LogP contribution in [0.1, 0.15) is 19.4 Å². The van der Waals surface area contributed by atoms with E-state index in [2.05, 4.69) is 30.1 Å². The summed E-state index contributed by atoms with van der Waals surface area (Å²) in [7, 11) is 1.66. The van der Waals surface area contributed by atoms with Crippen molar-refractivity contribution in [3.63, 3.8) is 0 Å². The van der Waals surface area contributed by atoms with Crippen LogP contribution < -0.4 is 10.1 Å². The van der Waals surface area contributed by atoms with Crippen LogP contribution in [0.3, 0.4) is 0 Å². The molecule has 0 aromatic heterocycles. The van der Waals surface area contributed by atoms with Gasteiger partial charge in [0.15, 0.2) is 0 Å². The van der Waals surface area contributed by atoms with Crippen molar-refractivity contribution < 1.29 is 4.74 Å². The monoisotopic (exact) mass is 268 g/mol. The van der Waals surface area contributed by atoms with Gasteiger partial charge in [0.2, 0.25) is 0 Å². The Morgan fingerprint density at radius 2 is 2.22 bits per heavy atom. The number of halogens is 1. The molecule has 100 valence electrons. The van der Waals surface area contributed by atoms with Crippen molar-refractivity contribution in [1.82, 2.24) is 10.2 Å². The average Bonchev–Trinajstić information content (AvgIpc) is 2.36. The molecule has 1 fully saturated rings. The first-order chi connectivity index (χ1) is 8.60. The van der Waals surface area contributed by atoms with Gasteiger partial charge in [-0.05, 0) is 31.5 Å². The van der Waals surface area contributed by atoms with Crippen molar-refractivity contribution in [3.05, 3.63) is 28.8 Å². The second kappa shape index (κ2) is 5.91. The van der Waals surface area contributed by atoms with Crippen LogP contribution in [0.2, 0.25) is 5.02 Å². The van der Waals surface area contributed by atoms with Crippen molar-refractivity contribution >= 4 is 11.6 Å². The van der Waals surface area contributed by atoms with Gasteiger partial charge >= 0.3 is 0 Å². The number of methoxy groups -OCH3 is 1. The molecule has 2 unspecified atom stereocenters. The van der Waals surface area contributed by atoms with Crippen molar-refractivity contribution in [1.29, 1.82) is 0 Å². The highest BCUT2D eigenvalue weighted by Gasteiger charge is 2.22. The van der Waals surface area contributed by atoms with Gasteiger partial charge in [0.25, 0.3) is 0 Å². The fraction of sp³-hybridized carbons (Fsp3) is 0.571. The molecule has 2 rings (SSSR count). The summed E-state index contributed by atoms with van der Waals surface area (Å²) in [6.45, 7) is 7.46. The summed E-state index contributed by atoms with van der Waals surface area (Å²) in [5, 5.41) is 4.27. The van der Waals surface area contributed by atoms with Gasteiger partial charge in [-0.15, -0.1) is 0 Å². The molecule has 4 heteroatoms. The maximum atomic E-state index is 6.29. The molecular weight excluding hydrogens is 248 g/mol. The van der Waals surface area contributed by atoms with Crippen molar-refractivity contribution in [2.45, 2.75) is 32.5 Å².